The molecule has 3 aromatic rings. The van der Waals surface area contributed by atoms with Crippen molar-refractivity contribution in [3.63, 3.8) is 0 Å². The Morgan fingerprint density at radius 3 is 2.82 bits per heavy atom. The lowest BCUT2D eigenvalue weighted by Gasteiger charge is -2.27. The topological polar surface area (TPSA) is 67.5 Å². The molecule has 0 radical (unpaired) electrons. The van der Waals surface area contributed by atoms with Crippen molar-refractivity contribution < 1.29 is 0 Å². The molecule has 6 heteroatoms. The molecule has 0 bridgehead atoms. The number of aliphatic imine (C=N–C) groups is 1. The maximum atomic E-state index is 4.75. The lowest BCUT2D eigenvalue weighted by molar-refractivity contribution is 0.357. The van der Waals surface area contributed by atoms with Crippen molar-refractivity contribution in [2.75, 3.05) is 5.32 Å². The molecule has 1 aliphatic rings. The molecular formula is C22H28N6. The fourth-order valence-corrected chi connectivity index (χ4v) is 3.99. The first-order valence-electron chi connectivity index (χ1n) is 10.1. The van der Waals surface area contributed by atoms with Crippen LogP contribution in [0.2, 0.25) is 0 Å². The minimum atomic E-state index is 0.468. The van der Waals surface area contributed by atoms with Crippen molar-refractivity contribution in [1.82, 2.24) is 19.6 Å². The molecule has 6 nitrogen and oxygen atoms in total. The molecule has 4 rings (SSSR count). The molecule has 1 N–H and O–H groups in total. The number of fused-ring (bicyclic) bond motifs is 1. The van der Waals surface area contributed by atoms with Gasteiger partial charge in [-0.1, -0.05) is 19.8 Å². The number of hydrogen-bond acceptors (Lipinski definition) is 5. The van der Waals surface area contributed by atoms with Gasteiger partial charge in [0, 0.05) is 23.5 Å². The van der Waals surface area contributed by atoms with E-state index in [9.17, 15) is 0 Å². The van der Waals surface area contributed by atoms with Crippen LogP contribution in [-0.4, -0.2) is 31.3 Å². The third-order valence-corrected chi connectivity index (χ3v) is 5.36. The van der Waals surface area contributed by atoms with E-state index in [0.717, 1.165) is 39.8 Å². The van der Waals surface area contributed by atoms with Crippen molar-refractivity contribution in [2.24, 2.45) is 10.9 Å². The van der Waals surface area contributed by atoms with E-state index in [1.807, 2.05) is 55.9 Å². The number of anilines is 1. The van der Waals surface area contributed by atoms with Crippen LogP contribution in [0.1, 0.15) is 52.1 Å². The number of pyridine rings is 1. The van der Waals surface area contributed by atoms with Gasteiger partial charge in [0.2, 0.25) is 5.95 Å². The molecule has 2 atom stereocenters. The van der Waals surface area contributed by atoms with Gasteiger partial charge in [-0.2, -0.15) is 0 Å². The van der Waals surface area contributed by atoms with Crippen LogP contribution < -0.4 is 5.32 Å². The number of hydrogen-bond donors (Lipinski definition) is 1. The van der Waals surface area contributed by atoms with E-state index in [0.29, 0.717) is 12.0 Å². The van der Waals surface area contributed by atoms with Crippen molar-refractivity contribution in [1.29, 1.82) is 0 Å². The van der Waals surface area contributed by atoms with Gasteiger partial charge < -0.3 is 5.32 Å². The molecule has 3 aromatic heterocycles. The van der Waals surface area contributed by atoms with Crippen LogP contribution in [0.4, 0.5) is 11.6 Å². The van der Waals surface area contributed by atoms with Crippen LogP contribution in [0.25, 0.3) is 16.8 Å². The summed E-state index contributed by atoms with van der Waals surface area (Å²) in [5.41, 5.74) is 5.76. The molecule has 146 valence electrons. The lowest BCUT2D eigenvalue weighted by Crippen LogP contribution is -2.27. The maximum absolute atomic E-state index is 4.75. The zero-order valence-corrected chi connectivity index (χ0v) is 17.1. The van der Waals surface area contributed by atoms with Gasteiger partial charge in [0.15, 0.2) is 0 Å². The summed E-state index contributed by atoms with van der Waals surface area (Å²) in [4.78, 5) is 13.9. The summed E-state index contributed by atoms with van der Waals surface area (Å²) in [6.45, 7) is 8.30. The summed E-state index contributed by atoms with van der Waals surface area (Å²) in [6, 6.07) is 6.55. The fraction of sp³-hybridized carbons (Fsp3) is 0.455. The number of aromatic nitrogens is 4. The summed E-state index contributed by atoms with van der Waals surface area (Å²) in [7, 11) is 0. The van der Waals surface area contributed by atoms with Gasteiger partial charge >= 0.3 is 0 Å². The Labute approximate surface area is 166 Å². The minimum Gasteiger partial charge on any atom is -0.350 e. The first-order valence-corrected chi connectivity index (χ1v) is 10.1. The fourth-order valence-electron chi connectivity index (χ4n) is 3.99. The van der Waals surface area contributed by atoms with Crippen LogP contribution in [0, 0.1) is 12.8 Å². The van der Waals surface area contributed by atoms with Crippen LogP contribution >= 0.6 is 0 Å². The Balaban J connectivity index is 1.60. The summed E-state index contributed by atoms with van der Waals surface area (Å²) >= 11 is 0. The first-order chi connectivity index (χ1) is 13.5. The monoisotopic (exact) mass is 376 g/mol. The molecule has 28 heavy (non-hydrogen) atoms. The van der Waals surface area contributed by atoms with E-state index >= 15 is 0 Å². The van der Waals surface area contributed by atoms with Crippen molar-refractivity contribution >= 4 is 22.9 Å². The quantitative estimate of drug-likeness (QED) is 0.635. The molecule has 3 heterocycles. The zero-order valence-electron chi connectivity index (χ0n) is 17.1. The van der Waals surface area contributed by atoms with Crippen LogP contribution in [0.15, 0.2) is 35.6 Å². The van der Waals surface area contributed by atoms with Crippen molar-refractivity contribution in [3.05, 3.63) is 36.3 Å². The largest absolute Gasteiger partial charge is 0.350 e. The van der Waals surface area contributed by atoms with E-state index in [-0.39, 0.29) is 0 Å². The third-order valence-electron chi connectivity index (χ3n) is 5.36. The smallest absolute Gasteiger partial charge is 0.241 e. The molecule has 1 aliphatic carbocycles. The molecule has 0 aromatic carbocycles. The van der Waals surface area contributed by atoms with E-state index in [2.05, 4.69) is 27.3 Å². The Bertz CT molecular complexity index is 1020. The predicted molar refractivity (Wildman–Crippen MR) is 114 cm³/mol. The molecule has 1 saturated carbocycles. The SMILES string of the molecule is CC(C)=Nc1ccc(-c2ccn3nc(NC4CCCC(C)C4)ncc23)nc1C. The molecular weight excluding hydrogens is 348 g/mol. The highest BCUT2D eigenvalue weighted by Gasteiger charge is 2.19. The highest BCUT2D eigenvalue weighted by Crippen LogP contribution is 2.28. The molecule has 0 spiro atoms. The highest BCUT2D eigenvalue weighted by molar-refractivity contribution is 5.83. The summed E-state index contributed by atoms with van der Waals surface area (Å²) in [5.74, 6) is 1.47. The lowest BCUT2D eigenvalue weighted by atomic mass is 9.87. The normalized spacial score (nSPS) is 19.6. The van der Waals surface area contributed by atoms with Gasteiger partial charge in [0.25, 0.3) is 0 Å². The Morgan fingerprint density at radius 2 is 2.07 bits per heavy atom. The summed E-state index contributed by atoms with van der Waals surface area (Å²) in [5, 5.41) is 8.18. The standard InChI is InChI=1S/C22H28N6/c1-14(2)24-19-8-9-20(25-16(19)4)18-10-11-28-21(18)13-23-22(27-28)26-17-7-5-6-15(3)12-17/h8-11,13,15,17H,5-7,12H2,1-4H3,(H,26,27). The Hall–Kier alpha value is -2.76. The summed E-state index contributed by atoms with van der Waals surface area (Å²) < 4.78 is 1.89. The zero-order chi connectivity index (χ0) is 19.7. The highest BCUT2D eigenvalue weighted by atomic mass is 15.3. The molecule has 0 amide bonds. The molecule has 0 aliphatic heterocycles. The van der Waals surface area contributed by atoms with Crippen LogP contribution in [0.3, 0.4) is 0 Å². The predicted octanol–water partition coefficient (Wildman–Crippen LogP) is 5.20. The van der Waals surface area contributed by atoms with Crippen molar-refractivity contribution in [3.8, 4) is 11.3 Å². The maximum Gasteiger partial charge on any atom is 0.241 e. The van der Waals surface area contributed by atoms with Crippen LogP contribution in [0.5, 0.6) is 0 Å². The average Bonchev–Trinajstić information content (AvgIpc) is 3.06. The van der Waals surface area contributed by atoms with Crippen LogP contribution in [-0.2, 0) is 0 Å². The summed E-state index contributed by atoms with van der Waals surface area (Å²) in [6.07, 6.45) is 8.84. The average molecular weight is 377 g/mol. The second-order valence-electron chi connectivity index (χ2n) is 8.11. The third kappa shape index (κ3) is 3.91. The first kappa shape index (κ1) is 18.6. The number of aryl methyl sites for hydroxylation is 1. The van der Waals surface area contributed by atoms with Gasteiger partial charge in [-0.25, -0.2) is 9.50 Å². The number of rotatable bonds is 4. The van der Waals surface area contributed by atoms with E-state index in [1.165, 1.54) is 25.7 Å². The number of nitrogens with one attached hydrogen (secondary N) is 1. The second kappa shape index (κ2) is 7.70. The van der Waals surface area contributed by atoms with E-state index in [4.69, 9.17) is 4.98 Å². The van der Waals surface area contributed by atoms with Gasteiger partial charge in [-0.3, -0.25) is 9.98 Å². The number of nitrogens with zero attached hydrogens (tertiary/aromatic N) is 5. The van der Waals surface area contributed by atoms with Crippen molar-refractivity contribution in [2.45, 2.75) is 59.4 Å². The van der Waals surface area contributed by atoms with E-state index < -0.39 is 0 Å². The van der Waals surface area contributed by atoms with Gasteiger partial charge in [-0.05, 0) is 57.7 Å². The molecule has 0 saturated heterocycles. The Morgan fingerprint density at radius 1 is 1.21 bits per heavy atom. The molecule has 2 unspecified atom stereocenters. The van der Waals surface area contributed by atoms with E-state index in [1.54, 1.807) is 0 Å². The molecule has 1 fully saturated rings. The Kier molecular flexibility index (Phi) is 5.11. The van der Waals surface area contributed by atoms with Gasteiger partial charge in [0.1, 0.15) is 0 Å². The van der Waals surface area contributed by atoms with Gasteiger partial charge in [0.05, 0.1) is 28.8 Å². The second-order valence-corrected chi connectivity index (χ2v) is 8.11. The minimum absolute atomic E-state index is 0.468. The van der Waals surface area contributed by atoms with Gasteiger partial charge in [-0.15, -0.1) is 5.10 Å².